The number of carbonyl (C=O) groups is 1. The summed E-state index contributed by atoms with van der Waals surface area (Å²) in [5, 5.41) is 9.48. The molecule has 2 fully saturated rings. The van der Waals surface area contributed by atoms with Gasteiger partial charge in [-0.05, 0) is 13.8 Å². The lowest BCUT2D eigenvalue weighted by atomic mass is 9.85. The first-order valence-corrected chi connectivity index (χ1v) is 5.04. The summed E-state index contributed by atoms with van der Waals surface area (Å²) in [6.07, 6.45) is -0.180. The van der Waals surface area contributed by atoms with Gasteiger partial charge in [-0.3, -0.25) is 4.79 Å². The fourth-order valence-corrected chi connectivity index (χ4v) is 2.38. The number of hydrogen-bond donors (Lipinski definition) is 1. The van der Waals surface area contributed by atoms with Crippen LogP contribution in [0.15, 0.2) is 0 Å². The summed E-state index contributed by atoms with van der Waals surface area (Å²) in [4.78, 5) is 11.3. The third-order valence-corrected chi connectivity index (χ3v) is 3.36. The van der Waals surface area contributed by atoms with Gasteiger partial charge in [0.25, 0.3) is 0 Å². The lowest BCUT2D eigenvalue weighted by molar-refractivity contribution is -0.312. The van der Waals surface area contributed by atoms with Crippen molar-refractivity contribution in [3.8, 4) is 0 Å². The predicted molar refractivity (Wildman–Crippen MR) is 49.7 cm³/mol. The second-order valence-electron chi connectivity index (χ2n) is 4.57. The minimum absolute atomic E-state index is 0.130. The van der Waals surface area contributed by atoms with E-state index in [9.17, 15) is 9.90 Å². The fourth-order valence-electron chi connectivity index (χ4n) is 2.38. The molecule has 0 amide bonds. The van der Waals surface area contributed by atoms with Gasteiger partial charge in [-0.15, -0.1) is 0 Å². The maximum Gasteiger partial charge on any atom is 0.308 e. The number of rotatable bonds is 2. The molecule has 0 radical (unpaired) electrons. The minimum Gasteiger partial charge on any atom is -0.429 e. The van der Waals surface area contributed by atoms with Gasteiger partial charge in [-0.25, -0.2) is 0 Å². The van der Waals surface area contributed by atoms with Crippen molar-refractivity contribution in [2.24, 2.45) is 5.92 Å². The van der Waals surface area contributed by atoms with E-state index in [0.29, 0.717) is 6.42 Å². The third-order valence-electron chi connectivity index (χ3n) is 3.36. The van der Waals surface area contributed by atoms with Crippen molar-refractivity contribution in [3.63, 3.8) is 0 Å². The molecule has 2 heterocycles. The third kappa shape index (κ3) is 1.38. The Hall–Kier alpha value is -0.650. The largest absolute Gasteiger partial charge is 0.429 e. The number of methoxy groups -OCH3 is 1. The molecule has 15 heavy (non-hydrogen) atoms. The predicted octanol–water partition coefficient (Wildman–Crippen LogP) is 0.409. The number of ether oxygens (including phenoxy) is 3. The maximum atomic E-state index is 11.3. The smallest absolute Gasteiger partial charge is 0.308 e. The summed E-state index contributed by atoms with van der Waals surface area (Å²) in [6, 6.07) is 0. The van der Waals surface area contributed by atoms with Crippen molar-refractivity contribution in [1.29, 1.82) is 0 Å². The molecule has 0 spiro atoms. The van der Waals surface area contributed by atoms with Crippen LogP contribution in [-0.4, -0.2) is 35.9 Å². The highest BCUT2D eigenvalue weighted by atomic mass is 16.8. The van der Waals surface area contributed by atoms with Crippen molar-refractivity contribution in [2.45, 2.75) is 44.4 Å². The molecule has 3 unspecified atom stereocenters. The van der Waals surface area contributed by atoms with Gasteiger partial charge < -0.3 is 19.3 Å². The molecule has 5 heteroatoms. The van der Waals surface area contributed by atoms with E-state index in [0.717, 1.165) is 0 Å². The molecule has 0 aromatic carbocycles. The lowest BCUT2D eigenvalue weighted by Gasteiger charge is -2.40. The van der Waals surface area contributed by atoms with Crippen LogP contribution in [0.25, 0.3) is 0 Å². The zero-order valence-corrected chi connectivity index (χ0v) is 9.15. The Morgan fingerprint density at radius 1 is 1.60 bits per heavy atom. The first kappa shape index (κ1) is 10.9. The molecule has 2 saturated heterocycles. The normalized spacial score (nSPS) is 40.4. The molecule has 0 aromatic heterocycles. The second kappa shape index (κ2) is 3.17. The number of esters is 1. The standard InChI is InChI=1S/C10H16O5/c1-9(2,13-3)10-6(4-7(11)14-10)5-8(12)15-10/h6-7,11H,4-5H2,1-3H3. The van der Waals surface area contributed by atoms with Crippen LogP contribution in [-0.2, 0) is 19.0 Å². The molecular formula is C10H16O5. The van der Waals surface area contributed by atoms with E-state index in [1.807, 2.05) is 0 Å². The number of fused-ring (bicyclic) bond motifs is 1. The van der Waals surface area contributed by atoms with Crippen molar-refractivity contribution in [1.82, 2.24) is 0 Å². The molecule has 2 rings (SSSR count). The van der Waals surface area contributed by atoms with Gasteiger partial charge in [0.15, 0.2) is 6.29 Å². The van der Waals surface area contributed by atoms with Gasteiger partial charge in [0.05, 0.1) is 6.42 Å². The van der Waals surface area contributed by atoms with Crippen molar-refractivity contribution in [2.75, 3.05) is 7.11 Å². The van der Waals surface area contributed by atoms with Gasteiger partial charge in [0.2, 0.25) is 5.79 Å². The first-order chi connectivity index (χ1) is 6.91. The van der Waals surface area contributed by atoms with Gasteiger partial charge in [0.1, 0.15) is 5.60 Å². The average molecular weight is 216 g/mol. The van der Waals surface area contributed by atoms with Crippen molar-refractivity contribution >= 4 is 5.97 Å². The Morgan fingerprint density at radius 2 is 2.27 bits per heavy atom. The van der Waals surface area contributed by atoms with Crippen LogP contribution in [0.2, 0.25) is 0 Å². The Labute approximate surface area is 88.3 Å². The van der Waals surface area contributed by atoms with Gasteiger partial charge in [-0.2, -0.15) is 0 Å². The summed E-state index contributed by atoms with van der Waals surface area (Å²) in [7, 11) is 1.53. The number of hydrogen-bond acceptors (Lipinski definition) is 5. The molecule has 0 aliphatic carbocycles. The molecule has 0 aromatic rings. The summed E-state index contributed by atoms with van der Waals surface area (Å²) < 4.78 is 15.9. The Morgan fingerprint density at radius 3 is 2.87 bits per heavy atom. The van der Waals surface area contributed by atoms with E-state index in [4.69, 9.17) is 14.2 Å². The van der Waals surface area contributed by atoms with E-state index >= 15 is 0 Å². The van der Waals surface area contributed by atoms with Gasteiger partial charge in [-0.1, -0.05) is 0 Å². The Kier molecular flexibility index (Phi) is 2.29. The summed E-state index contributed by atoms with van der Waals surface area (Å²) in [6.45, 7) is 3.58. The van der Waals surface area contributed by atoms with Crippen LogP contribution in [0.1, 0.15) is 26.7 Å². The molecule has 2 aliphatic rings. The molecule has 5 nitrogen and oxygen atoms in total. The van der Waals surface area contributed by atoms with Crippen LogP contribution in [0.3, 0.4) is 0 Å². The van der Waals surface area contributed by atoms with Crippen LogP contribution in [0.4, 0.5) is 0 Å². The second-order valence-corrected chi connectivity index (χ2v) is 4.57. The highest BCUT2D eigenvalue weighted by Gasteiger charge is 2.65. The van der Waals surface area contributed by atoms with Crippen LogP contribution >= 0.6 is 0 Å². The lowest BCUT2D eigenvalue weighted by Crippen LogP contribution is -2.54. The first-order valence-electron chi connectivity index (χ1n) is 5.04. The van der Waals surface area contributed by atoms with Gasteiger partial charge in [0, 0.05) is 19.4 Å². The van der Waals surface area contributed by atoms with E-state index in [1.54, 1.807) is 13.8 Å². The van der Waals surface area contributed by atoms with Crippen LogP contribution < -0.4 is 0 Å². The highest BCUT2D eigenvalue weighted by molar-refractivity contribution is 5.73. The molecule has 86 valence electrons. The number of aliphatic hydroxyl groups excluding tert-OH is 1. The molecule has 0 bridgehead atoms. The van der Waals surface area contributed by atoms with E-state index in [1.165, 1.54) is 7.11 Å². The van der Waals surface area contributed by atoms with Crippen LogP contribution in [0.5, 0.6) is 0 Å². The minimum atomic E-state index is -1.13. The van der Waals surface area contributed by atoms with E-state index < -0.39 is 17.7 Å². The quantitative estimate of drug-likeness (QED) is 0.677. The average Bonchev–Trinajstić information content (AvgIpc) is 2.57. The highest BCUT2D eigenvalue weighted by Crippen LogP contribution is 2.50. The van der Waals surface area contributed by atoms with Crippen molar-refractivity contribution in [3.05, 3.63) is 0 Å². The van der Waals surface area contributed by atoms with E-state index in [2.05, 4.69) is 0 Å². The van der Waals surface area contributed by atoms with Crippen molar-refractivity contribution < 1.29 is 24.1 Å². The SMILES string of the molecule is COC(C)(C)C12OC(=O)CC1CC(O)O2. The summed E-state index contributed by atoms with van der Waals surface area (Å²) in [5.41, 5.74) is -0.763. The zero-order chi connectivity index (χ0) is 11.3. The molecule has 3 atom stereocenters. The van der Waals surface area contributed by atoms with E-state index in [-0.39, 0.29) is 18.3 Å². The monoisotopic (exact) mass is 216 g/mol. The number of aliphatic hydroxyl groups is 1. The molecular weight excluding hydrogens is 200 g/mol. The molecule has 2 aliphatic heterocycles. The number of carbonyl (C=O) groups excluding carboxylic acids is 1. The van der Waals surface area contributed by atoms with Gasteiger partial charge >= 0.3 is 5.97 Å². The molecule has 1 N–H and O–H groups in total. The maximum absolute atomic E-state index is 11.3. The Balaban J connectivity index is 2.34. The summed E-state index contributed by atoms with van der Waals surface area (Å²) in [5.74, 6) is -1.55. The summed E-state index contributed by atoms with van der Waals surface area (Å²) >= 11 is 0. The topological polar surface area (TPSA) is 65.0 Å². The zero-order valence-electron chi connectivity index (χ0n) is 9.15. The van der Waals surface area contributed by atoms with Crippen LogP contribution in [0, 0.1) is 5.92 Å². The molecule has 0 saturated carbocycles. The fraction of sp³-hybridized carbons (Fsp3) is 0.900. The Bertz CT molecular complexity index is 288.